The molecule has 6 heteroatoms. The lowest BCUT2D eigenvalue weighted by molar-refractivity contribution is 0.0372. The summed E-state index contributed by atoms with van der Waals surface area (Å²) in [6.45, 7) is 9.57. The molecule has 1 unspecified atom stereocenters. The van der Waals surface area contributed by atoms with Gasteiger partial charge in [0.1, 0.15) is 5.82 Å². The van der Waals surface area contributed by atoms with Crippen LogP contribution in [0.15, 0.2) is 23.2 Å². The van der Waals surface area contributed by atoms with Gasteiger partial charge in [-0.3, -0.25) is 9.89 Å². The molecule has 25 heavy (non-hydrogen) atoms. The van der Waals surface area contributed by atoms with Crippen LogP contribution in [0.3, 0.4) is 0 Å². The van der Waals surface area contributed by atoms with Gasteiger partial charge in [-0.25, -0.2) is 4.39 Å². The number of morpholine rings is 1. The van der Waals surface area contributed by atoms with Crippen molar-refractivity contribution in [1.82, 2.24) is 15.5 Å². The van der Waals surface area contributed by atoms with Crippen LogP contribution in [-0.2, 0) is 4.74 Å². The Hall–Kier alpha value is -1.66. The van der Waals surface area contributed by atoms with Gasteiger partial charge in [-0.15, -0.1) is 0 Å². The molecule has 1 aliphatic heterocycles. The van der Waals surface area contributed by atoms with Gasteiger partial charge in [0.15, 0.2) is 5.96 Å². The largest absolute Gasteiger partial charge is 0.379 e. The molecule has 0 bridgehead atoms. The number of ether oxygens (including phenoxy) is 1. The van der Waals surface area contributed by atoms with E-state index in [9.17, 15) is 4.39 Å². The second-order valence-electron chi connectivity index (χ2n) is 6.53. The average Bonchev–Trinajstić information content (AvgIpc) is 2.63. The van der Waals surface area contributed by atoms with Gasteiger partial charge in [-0.2, -0.15) is 0 Å². The maximum Gasteiger partial charge on any atom is 0.191 e. The number of aryl methyl sites for hydroxylation is 1. The summed E-state index contributed by atoms with van der Waals surface area (Å²) in [6, 6.07) is 5.34. The minimum Gasteiger partial charge on any atom is -0.379 e. The summed E-state index contributed by atoms with van der Waals surface area (Å²) in [5, 5.41) is 6.65. The average molecular weight is 350 g/mol. The molecule has 140 valence electrons. The van der Waals surface area contributed by atoms with E-state index < -0.39 is 0 Å². The molecule has 2 rings (SSSR count). The zero-order valence-electron chi connectivity index (χ0n) is 15.6. The van der Waals surface area contributed by atoms with Gasteiger partial charge in [0.25, 0.3) is 0 Å². The summed E-state index contributed by atoms with van der Waals surface area (Å²) in [5.41, 5.74) is 1.58. The van der Waals surface area contributed by atoms with E-state index in [1.807, 2.05) is 19.1 Å². The Bertz CT molecular complexity index is 558. The highest BCUT2D eigenvalue weighted by Crippen LogP contribution is 2.16. The number of benzene rings is 1. The number of hydrogen-bond acceptors (Lipinski definition) is 3. The standard InChI is InChI=1S/C19H31FN4O/c1-15-6-7-17(14-18(15)20)16(2)23-19(21-3)22-8-4-5-9-24-10-12-25-13-11-24/h6-7,14,16H,4-5,8-13H2,1-3H3,(H2,21,22,23). The first-order valence-electron chi connectivity index (χ1n) is 9.13. The van der Waals surface area contributed by atoms with Crippen molar-refractivity contribution in [3.63, 3.8) is 0 Å². The van der Waals surface area contributed by atoms with Gasteiger partial charge in [0.05, 0.1) is 19.3 Å². The molecule has 1 heterocycles. The molecular weight excluding hydrogens is 319 g/mol. The Morgan fingerprint density at radius 2 is 2.08 bits per heavy atom. The predicted octanol–water partition coefficient (Wildman–Crippen LogP) is 2.47. The summed E-state index contributed by atoms with van der Waals surface area (Å²) in [5.74, 6) is 0.581. The van der Waals surface area contributed by atoms with Gasteiger partial charge in [0.2, 0.25) is 0 Å². The van der Waals surface area contributed by atoms with Crippen molar-refractivity contribution in [2.24, 2.45) is 4.99 Å². The Morgan fingerprint density at radius 1 is 1.32 bits per heavy atom. The third-order valence-corrected chi connectivity index (χ3v) is 4.57. The second-order valence-corrected chi connectivity index (χ2v) is 6.53. The number of hydrogen-bond donors (Lipinski definition) is 2. The van der Waals surface area contributed by atoms with E-state index >= 15 is 0 Å². The van der Waals surface area contributed by atoms with E-state index in [0.29, 0.717) is 5.56 Å². The van der Waals surface area contributed by atoms with Crippen molar-refractivity contribution in [2.45, 2.75) is 32.7 Å². The smallest absolute Gasteiger partial charge is 0.191 e. The molecule has 0 radical (unpaired) electrons. The Balaban J connectivity index is 1.68. The molecular formula is C19H31FN4O. The zero-order valence-corrected chi connectivity index (χ0v) is 15.6. The number of rotatable bonds is 7. The molecule has 0 saturated carbocycles. The number of guanidine groups is 1. The van der Waals surface area contributed by atoms with Gasteiger partial charge in [-0.1, -0.05) is 12.1 Å². The minimum atomic E-state index is -0.169. The van der Waals surface area contributed by atoms with Gasteiger partial charge in [0, 0.05) is 26.7 Å². The lowest BCUT2D eigenvalue weighted by atomic mass is 10.1. The van der Waals surface area contributed by atoms with Crippen molar-refractivity contribution in [1.29, 1.82) is 0 Å². The molecule has 0 spiro atoms. The molecule has 1 aromatic carbocycles. The van der Waals surface area contributed by atoms with Crippen LogP contribution in [-0.4, -0.2) is 57.3 Å². The van der Waals surface area contributed by atoms with E-state index in [4.69, 9.17) is 4.74 Å². The van der Waals surface area contributed by atoms with Crippen molar-refractivity contribution in [2.75, 3.05) is 46.4 Å². The first-order chi connectivity index (χ1) is 12.1. The summed E-state index contributed by atoms with van der Waals surface area (Å²) in [7, 11) is 1.76. The summed E-state index contributed by atoms with van der Waals surface area (Å²) < 4.78 is 19.1. The zero-order chi connectivity index (χ0) is 18.1. The number of nitrogens with zero attached hydrogens (tertiary/aromatic N) is 2. The van der Waals surface area contributed by atoms with Crippen LogP contribution in [0.5, 0.6) is 0 Å². The maximum absolute atomic E-state index is 13.7. The Morgan fingerprint density at radius 3 is 2.76 bits per heavy atom. The highest BCUT2D eigenvalue weighted by Gasteiger charge is 2.11. The number of unbranched alkanes of at least 4 members (excludes halogenated alkanes) is 1. The molecule has 0 aliphatic carbocycles. The SMILES string of the molecule is CN=C(NCCCCN1CCOCC1)NC(C)c1ccc(C)c(F)c1. The van der Waals surface area contributed by atoms with E-state index in [1.165, 1.54) is 0 Å². The first kappa shape index (κ1) is 19.7. The fourth-order valence-corrected chi connectivity index (χ4v) is 2.85. The molecule has 5 nitrogen and oxygen atoms in total. The van der Waals surface area contributed by atoms with Crippen LogP contribution >= 0.6 is 0 Å². The molecule has 1 atom stereocenters. The van der Waals surface area contributed by atoms with E-state index in [1.54, 1.807) is 20.0 Å². The fraction of sp³-hybridized carbons (Fsp3) is 0.632. The van der Waals surface area contributed by atoms with Crippen LogP contribution in [0.2, 0.25) is 0 Å². The van der Waals surface area contributed by atoms with Crippen LogP contribution in [0, 0.1) is 12.7 Å². The highest BCUT2D eigenvalue weighted by atomic mass is 19.1. The normalized spacial score (nSPS) is 17.4. The number of halogens is 1. The quantitative estimate of drug-likeness (QED) is 0.451. The molecule has 2 N–H and O–H groups in total. The first-order valence-corrected chi connectivity index (χ1v) is 9.13. The lowest BCUT2D eigenvalue weighted by Gasteiger charge is -2.26. The molecule has 1 saturated heterocycles. The van der Waals surface area contributed by atoms with Gasteiger partial charge >= 0.3 is 0 Å². The molecule has 0 aromatic heterocycles. The third kappa shape index (κ3) is 6.63. The number of aliphatic imine (C=N–C) groups is 1. The van der Waals surface area contributed by atoms with E-state index in [2.05, 4.69) is 20.5 Å². The minimum absolute atomic E-state index is 0.00495. The molecule has 0 amide bonds. The summed E-state index contributed by atoms with van der Waals surface area (Å²) in [4.78, 5) is 6.70. The topological polar surface area (TPSA) is 48.9 Å². The predicted molar refractivity (Wildman–Crippen MR) is 101 cm³/mol. The Kier molecular flexibility index (Phi) is 8.15. The summed E-state index contributed by atoms with van der Waals surface area (Å²) >= 11 is 0. The van der Waals surface area contributed by atoms with Gasteiger partial charge in [-0.05, 0) is 50.4 Å². The van der Waals surface area contributed by atoms with Gasteiger partial charge < -0.3 is 15.4 Å². The molecule has 1 fully saturated rings. The van der Waals surface area contributed by atoms with Crippen LogP contribution in [0.4, 0.5) is 4.39 Å². The van der Waals surface area contributed by atoms with Crippen LogP contribution < -0.4 is 10.6 Å². The third-order valence-electron chi connectivity index (χ3n) is 4.57. The lowest BCUT2D eigenvalue weighted by Crippen LogP contribution is -2.39. The van der Waals surface area contributed by atoms with Crippen molar-refractivity contribution < 1.29 is 9.13 Å². The molecule has 1 aliphatic rings. The highest BCUT2D eigenvalue weighted by molar-refractivity contribution is 5.80. The van der Waals surface area contributed by atoms with Crippen LogP contribution in [0.25, 0.3) is 0 Å². The van der Waals surface area contributed by atoms with Crippen molar-refractivity contribution in [3.05, 3.63) is 35.1 Å². The second kappa shape index (κ2) is 10.4. The maximum atomic E-state index is 13.7. The van der Waals surface area contributed by atoms with E-state index in [0.717, 1.165) is 63.8 Å². The van der Waals surface area contributed by atoms with Crippen molar-refractivity contribution in [3.8, 4) is 0 Å². The van der Waals surface area contributed by atoms with E-state index in [-0.39, 0.29) is 11.9 Å². The van der Waals surface area contributed by atoms with Crippen molar-refractivity contribution >= 4 is 5.96 Å². The Labute approximate surface area is 150 Å². The summed E-state index contributed by atoms with van der Waals surface area (Å²) in [6.07, 6.45) is 2.24. The molecule has 1 aromatic rings. The monoisotopic (exact) mass is 350 g/mol. The fourth-order valence-electron chi connectivity index (χ4n) is 2.85. The van der Waals surface area contributed by atoms with Crippen LogP contribution in [0.1, 0.15) is 36.9 Å². The number of nitrogens with one attached hydrogen (secondary N) is 2.